The standard InChI is InChI=1S/C2H6OS.FH.K/c1-4(2)3;;/h1-2H3;1H;/q;;+1/p-1. The normalized spacial score (nSPS) is 5.83. The fraction of sp³-hybridized carbons (Fsp3) is 1.00. The second-order valence-electron chi connectivity index (χ2n) is 0.742. The zero-order chi connectivity index (χ0) is 3.58. The molecule has 0 rings (SSSR count). The van der Waals surface area contributed by atoms with Gasteiger partial charge in [0.2, 0.25) is 0 Å². The van der Waals surface area contributed by atoms with Crippen LogP contribution in [0.1, 0.15) is 0 Å². The van der Waals surface area contributed by atoms with Gasteiger partial charge in [0, 0.05) is 23.3 Å². The van der Waals surface area contributed by atoms with Crippen molar-refractivity contribution in [2.75, 3.05) is 12.5 Å². The molecule has 0 aliphatic heterocycles. The first-order valence-corrected chi connectivity index (χ1v) is 2.95. The van der Waals surface area contributed by atoms with E-state index in [1.807, 2.05) is 0 Å². The van der Waals surface area contributed by atoms with E-state index in [1.54, 1.807) is 12.5 Å². The van der Waals surface area contributed by atoms with Gasteiger partial charge in [-0.2, -0.15) is 0 Å². The first-order valence-electron chi connectivity index (χ1n) is 0.983. The van der Waals surface area contributed by atoms with Crippen molar-refractivity contribution < 1.29 is 60.3 Å². The summed E-state index contributed by atoms with van der Waals surface area (Å²) in [5.41, 5.74) is 0. The van der Waals surface area contributed by atoms with Crippen molar-refractivity contribution in [2.45, 2.75) is 0 Å². The third kappa shape index (κ3) is 43.2. The van der Waals surface area contributed by atoms with E-state index in [0.717, 1.165) is 0 Å². The summed E-state index contributed by atoms with van der Waals surface area (Å²) in [6, 6.07) is 0. The largest absolute Gasteiger partial charge is 1.00 e. The molecule has 0 amide bonds. The SMILES string of the molecule is CS(C)=O.[F-].[K+]. The van der Waals surface area contributed by atoms with E-state index in [-0.39, 0.29) is 56.1 Å². The molecular weight excluding hydrogens is 130 g/mol. The van der Waals surface area contributed by atoms with Gasteiger partial charge in [0.15, 0.2) is 0 Å². The molecule has 0 aromatic carbocycles. The molecule has 0 saturated heterocycles. The van der Waals surface area contributed by atoms with Gasteiger partial charge in [-0.05, 0) is 0 Å². The molecule has 0 heterocycles. The molecule has 0 aromatic rings. The summed E-state index contributed by atoms with van der Waals surface area (Å²) >= 11 is 0. The number of hydrogen-bond donors (Lipinski definition) is 0. The third-order valence-electron chi connectivity index (χ3n) is 0. The van der Waals surface area contributed by atoms with Gasteiger partial charge >= 0.3 is 51.4 Å². The maximum absolute atomic E-state index is 9.56. The van der Waals surface area contributed by atoms with Gasteiger partial charge in [0.05, 0.1) is 0 Å². The van der Waals surface area contributed by atoms with Crippen molar-refractivity contribution in [1.29, 1.82) is 0 Å². The van der Waals surface area contributed by atoms with Crippen LogP contribution in [0.2, 0.25) is 0 Å². The third-order valence-corrected chi connectivity index (χ3v) is 0. The van der Waals surface area contributed by atoms with E-state index in [4.69, 9.17) is 0 Å². The average Bonchev–Trinajstić information content (AvgIpc) is 0.811. The Morgan fingerprint density at radius 2 is 1.33 bits per heavy atom. The van der Waals surface area contributed by atoms with E-state index < -0.39 is 10.8 Å². The van der Waals surface area contributed by atoms with E-state index in [0.29, 0.717) is 0 Å². The predicted molar refractivity (Wildman–Crippen MR) is 20.0 cm³/mol. The topological polar surface area (TPSA) is 17.1 Å². The van der Waals surface area contributed by atoms with E-state index in [2.05, 4.69) is 0 Å². The van der Waals surface area contributed by atoms with Gasteiger partial charge in [-0.3, -0.25) is 4.21 Å². The molecule has 0 fully saturated rings. The Balaban J connectivity index is -0.0000000450. The number of halogens is 1. The fourth-order valence-corrected chi connectivity index (χ4v) is 0. The molecule has 0 aliphatic carbocycles. The summed E-state index contributed by atoms with van der Waals surface area (Å²) < 4.78 is 9.56. The number of rotatable bonds is 0. The van der Waals surface area contributed by atoms with Crippen LogP contribution in [0.3, 0.4) is 0 Å². The van der Waals surface area contributed by atoms with Crippen molar-refractivity contribution in [3.05, 3.63) is 0 Å². The smallest absolute Gasteiger partial charge is 1.00 e. The van der Waals surface area contributed by atoms with Gasteiger partial charge in [-0.15, -0.1) is 0 Å². The number of hydrogen-bond acceptors (Lipinski definition) is 1. The predicted octanol–water partition coefficient (Wildman–Crippen LogP) is -6.00. The summed E-state index contributed by atoms with van der Waals surface area (Å²) in [6.45, 7) is 0. The second-order valence-corrected chi connectivity index (χ2v) is 2.22. The van der Waals surface area contributed by atoms with Crippen molar-refractivity contribution in [3.63, 3.8) is 0 Å². The van der Waals surface area contributed by atoms with Crippen molar-refractivity contribution in [1.82, 2.24) is 0 Å². The molecular formula is C2H6FKOS. The molecule has 0 saturated carbocycles. The maximum atomic E-state index is 9.56. The zero-order valence-corrected chi connectivity index (χ0v) is 8.13. The van der Waals surface area contributed by atoms with Crippen LogP contribution >= 0.6 is 0 Å². The minimum atomic E-state index is -0.611. The fourth-order valence-electron chi connectivity index (χ4n) is 0. The molecule has 4 heteroatoms. The summed E-state index contributed by atoms with van der Waals surface area (Å²) in [6.07, 6.45) is 3.28. The Morgan fingerprint density at radius 3 is 1.33 bits per heavy atom. The van der Waals surface area contributed by atoms with Crippen molar-refractivity contribution >= 4 is 10.8 Å². The first-order chi connectivity index (χ1) is 1.73. The minimum absolute atomic E-state index is 0. The van der Waals surface area contributed by atoms with Crippen LogP contribution in [-0.4, -0.2) is 16.7 Å². The molecule has 0 N–H and O–H groups in total. The van der Waals surface area contributed by atoms with Gasteiger partial charge in [0.25, 0.3) is 0 Å². The molecule has 0 spiro atoms. The second kappa shape index (κ2) is 9.87. The van der Waals surface area contributed by atoms with Gasteiger partial charge in [-0.25, -0.2) is 0 Å². The maximum Gasteiger partial charge on any atom is 1.00 e. The molecule has 0 unspecified atom stereocenters. The van der Waals surface area contributed by atoms with Crippen LogP contribution in [0.5, 0.6) is 0 Å². The van der Waals surface area contributed by atoms with Crippen molar-refractivity contribution in [3.8, 4) is 0 Å². The van der Waals surface area contributed by atoms with Gasteiger partial charge in [-0.1, -0.05) is 0 Å². The Labute approximate surface area is 82.1 Å². The molecule has 0 bridgehead atoms. The molecule has 0 atom stereocenters. The van der Waals surface area contributed by atoms with Crippen LogP contribution in [0, 0.1) is 0 Å². The van der Waals surface area contributed by atoms with Crippen LogP contribution < -0.4 is 56.1 Å². The Kier molecular flexibility index (Phi) is 25.7. The molecule has 6 heavy (non-hydrogen) atoms. The summed E-state index contributed by atoms with van der Waals surface area (Å²) in [5.74, 6) is 0. The van der Waals surface area contributed by atoms with E-state index >= 15 is 0 Å². The van der Waals surface area contributed by atoms with E-state index in [9.17, 15) is 4.21 Å². The average molecular weight is 136 g/mol. The molecule has 1 nitrogen and oxygen atoms in total. The summed E-state index contributed by atoms with van der Waals surface area (Å²) in [5, 5.41) is 0. The quantitative estimate of drug-likeness (QED) is 0.303. The van der Waals surface area contributed by atoms with Crippen LogP contribution in [0.15, 0.2) is 0 Å². The molecule has 0 radical (unpaired) electrons. The summed E-state index contributed by atoms with van der Waals surface area (Å²) in [4.78, 5) is 0. The van der Waals surface area contributed by atoms with E-state index in [1.165, 1.54) is 0 Å². The van der Waals surface area contributed by atoms with Gasteiger partial charge in [0.1, 0.15) is 0 Å². The Bertz CT molecular complexity index is 36.5. The van der Waals surface area contributed by atoms with Crippen LogP contribution in [0.4, 0.5) is 0 Å². The van der Waals surface area contributed by atoms with Crippen LogP contribution in [-0.2, 0) is 10.8 Å². The Morgan fingerprint density at radius 1 is 1.33 bits per heavy atom. The monoisotopic (exact) mass is 136 g/mol. The van der Waals surface area contributed by atoms with Gasteiger partial charge < -0.3 is 4.70 Å². The molecule has 34 valence electrons. The Hall–Kier alpha value is 1.72. The zero-order valence-electron chi connectivity index (χ0n) is 4.19. The molecule has 0 aromatic heterocycles. The minimum Gasteiger partial charge on any atom is -1.00 e. The first kappa shape index (κ1) is 15.6. The van der Waals surface area contributed by atoms with Crippen molar-refractivity contribution in [2.24, 2.45) is 0 Å². The van der Waals surface area contributed by atoms with Crippen LogP contribution in [0.25, 0.3) is 0 Å². The summed E-state index contributed by atoms with van der Waals surface area (Å²) in [7, 11) is -0.611. The molecule has 0 aliphatic rings.